The van der Waals surface area contributed by atoms with Crippen LogP contribution in [0, 0.1) is 5.41 Å². The van der Waals surface area contributed by atoms with E-state index in [0.29, 0.717) is 5.02 Å². The second kappa shape index (κ2) is 5.62. The normalized spacial score (nSPS) is 12.1. The van der Waals surface area contributed by atoms with Gasteiger partial charge in [0.2, 0.25) is 0 Å². The predicted octanol–water partition coefficient (Wildman–Crippen LogP) is 3.61. The van der Waals surface area contributed by atoms with Gasteiger partial charge in [0.15, 0.2) is 0 Å². The summed E-state index contributed by atoms with van der Waals surface area (Å²) in [5, 5.41) is 12.6. The first-order chi connectivity index (χ1) is 8.99. The van der Waals surface area contributed by atoms with Crippen molar-refractivity contribution < 1.29 is 14.7 Å². The lowest BCUT2D eigenvalue weighted by molar-refractivity contribution is -0.150. The van der Waals surface area contributed by atoms with E-state index >= 15 is 0 Å². The van der Waals surface area contributed by atoms with E-state index in [4.69, 9.17) is 23.2 Å². The fourth-order valence-electron chi connectivity index (χ4n) is 1.45. The molecule has 2 N–H and O–H groups in total. The standard InChI is InChI=1S/C14H17Cl2NO3/c1-13(2,12(19)20)14(3,4)17-11(18)9-7-8(15)5-6-10(9)16/h5-7H,1-4H3,(H,17,18)(H,19,20). The zero-order valence-corrected chi connectivity index (χ0v) is 13.3. The monoisotopic (exact) mass is 317 g/mol. The molecule has 0 fully saturated rings. The van der Waals surface area contributed by atoms with Gasteiger partial charge in [0.1, 0.15) is 0 Å². The van der Waals surface area contributed by atoms with E-state index in [9.17, 15) is 14.7 Å². The van der Waals surface area contributed by atoms with Gasteiger partial charge in [0.25, 0.3) is 5.91 Å². The van der Waals surface area contributed by atoms with Gasteiger partial charge in [0, 0.05) is 5.02 Å². The molecule has 0 spiro atoms. The van der Waals surface area contributed by atoms with Crippen LogP contribution >= 0.6 is 23.2 Å². The molecule has 20 heavy (non-hydrogen) atoms. The molecule has 4 nitrogen and oxygen atoms in total. The molecule has 1 aromatic carbocycles. The summed E-state index contributed by atoms with van der Waals surface area (Å²) >= 11 is 11.8. The fraction of sp³-hybridized carbons (Fsp3) is 0.429. The maximum Gasteiger partial charge on any atom is 0.311 e. The number of carboxylic acids is 1. The third-order valence-electron chi connectivity index (χ3n) is 3.70. The first-order valence-corrected chi connectivity index (χ1v) is 6.75. The van der Waals surface area contributed by atoms with Crippen LogP contribution in [0.1, 0.15) is 38.1 Å². The Labute approximate surface area is 128 Å². The quantitative estimate of drug-likeness (QED) is 0.891. The van der Waals surface area contributed by atoms with Crippen LogP contribution in [-0.4, -0.2) is 22.5 Å². The van der Waals surface area contributed by atoms with E-state index in [1.807, 2.05) is 0 Å². The number of hydrogen-bond donors (Lipinski definition) is 2. The SMILES string of the molecule is CC(C)(NC(=O)c1cc(Cl)ccc1Cl)C(C)(C)C(=O)O. The van der Waals surface area contributed by atoms with Crippen molar-refractivity contribution in [3.8, 4) is 0 Å². The number of amides is 1. The zero-order valence-electron chi connectivity index (χ0n) is 11.8. The number of hydrogen-bond acceptors (Lipinski definition) is 2. The number of rotatable bonds is 4. The molecule has 1 amide bonds. The minimum absolute atomic E-state index is 0.216. The van der Waals surface area contributed by atoms with Crippen molar-refractivity contribution in [3.05, 3.63) is 33.8 Å². The van der Waals surface area contributed by atoms with Crippen LogP contribution in [0.2, 0.25) is 10.0 Å². The van der Waals surface area contributed by atoms with Crippen molar-refractivity contribution in [3.63, 3.8) is 0 Å². The Bertz CT molecular complexity index is 553. The van der Waals surface area contributed by atoms with Crippen LogP contribution < -0.4 is 5.32 Å². The van der Waals surface area contributed by atoms with Crippen molar-refractivity contribution in [1.82, 2.24) is 5.32 Å². The molecule has 0 aliphatic rings. The molecular weight excluding hydrogens is 301 g/mol. The molecule has 0 unspecified atom stereocenters. The van der Waals surface area contributed by atoms with Gasteiger partial charge < -0.3 is 10.4 Å². The minimum Gasteiger partial charge on any atom is -0.481 e. The van der Waals surface area contributed by atoms with Gasteiger partial charge in [-0.2, -0.15) is 0 Å². The van der Waals surface area contributed by atoms with Crippen LogP contribution in [0.15, 0.2) is 18.2 Å². The van der Waals surface area contributed by atoms with Gasteiger partial charge in [-0.25, -0.2) is 0 Å². The summed E-state index contributed by atoms with van der Waals surface area (Å²) in [7, 11) is 0. The van der Waals surface area contributed by atoms with Gasteiger partial charge >= 0.3 is 5.97 Å². The number of nitrogens with one attached hydrogen (secondary N) is 1. The summed E-state index contributed by atoms with van der Waals surface area (Å²) in [6, 6.07) is 4.55. The molecule has 0 aliphatic heterocycles. The molecule has 0 atom stereocenters. The molecule has 0 saturated heterocycles. The molecule has 0 aliphatic carbocycles. The highest BCUT2D eigenvalue weighted by Crippen LogP contribution is 2.31. The van der Waals surface area contributed by atoms with Crippen LogP contribution in [0.25, 0.3) is 0 Å². The summed E-state index contributed by atoms with van der Waals surface area (Å²) in [6.07, 6.45) is 0. The van der Waals surface area contributed by atoms with Crippen LogP contribution in [0.5, 0.6) is 0 Å². The first kappa shape index (κ1) is 16.8. The van der Waals surface area contributed by atoms with Crippen LogP contribution in [0.4, 0.5) is 0 Å². The number of carboxylic acid groups (broad SMARTS) is 1. The summed E-state index contributed by atoms with van der Waals surface area (Å²) in [6.45, 7) is 6.40. The van der Waals surface area contributed by atoms with Crippen LogP contribution in [-0.2, 0) is 4.79 Å². The second-order valence-corrected chi connectivity index (χ2v) is 6.48. The van der Waals surface area contributed by atoms with Crippen LogP contribution in [0.3, 0.4) is 0 Å². The van der Waals surface area contributed by atoms with E-state index in [-0.39, 0.29) is 10.6 Å². The molecule has 110 valence electrons. The van der Waals surface area contributed by atoms with E-state index < -0.39 is 22.8 Å². The van der Waals surface area contributed by atoms with Gasteiger partial charge in [-0.15, -0.1) is 0 Å². The number of halogens is 2. The Hall–Kier alpha value is -1.26. The highest BCUT2D eigenvalue weighted by molar-refractivity contribution is 6.35. The lowest BCUT2D eigenvalue weighted by Gasteiger charge is -2.38. The molecule has 0 saturated carbocycles. The maximum atomic E-state index is 12.3. The Morgan fingerprint density at radius 1 is 1.15 bits per heavy atom. The van der Waals surface area contributed by atoms with Crippen molar-refractivity contribution in [1.29, 1.82) is 0 Å². The van der Waals surface area contributed by atoms with Gasteiger partial charge in [-0.1, -0.05) is 23.2 Å². The summed E-state index contributed by atoms with van der Waals surface area (Å²) in [5.74, 6) is -1.46. The lowest BCUT2D eigenvalue weighted by atomic mass is 9.74. The topological polar surface area (TPSA) is 66.4 Å². The van der Waals surface area contributed by atoms with E-state index in [1.54, 1.807) is 33.8 Å². The van der Waals surface area contributed by atoms with Crippen molar-refractivity contribution in [2.24, 2.45) is 5.41 Å². The largest absolute Gasteiger partial charge is 0.481 e. The minimum atomic E-state index is -1.15. The average molecular weight is 318 g/mol. The zero-order chi connectivity index (χ0) is 15.7. The number of benzene rings is 1. The number of carbonyl (C=O) groups is 2. The smallest absolute Gasteiger partial charge is 0.311 e. The van der Waals surface area contributed by atoms with Crippen molar-refractivity contribution in [2.45, 2.75) is 33.2 Å². The van der Waals surface area contributed by atoms with Gasteiger partial charge in [0.05, 0.1) is 21.5 Å². The molecule has 1 aromatic rings. The fourth-order valence-corrected chi connectivity index (χ4v) is 1.82. The molecule has 0 heterocycles. The maximum absolute atomic E-state index is 12.3. The Balaban J connectivity index is 3.06. The average Bonchev–Trinajstić information content (AvgIpc) is 2.31. The summed E-state index contributed by atoms with van der Waals surface area (Å²) in [5.41, 5.74) is -1.90. The number of carbonyl (C=O) groups excluding carboxylic acids is 1. The molecule has 6 heteroatoms. The molecular formula is C14H17Cl2NO3. The summed E-state index contributed by atoms with van der Waals surface area (Å²) in [4.78, 5) is 23.6. The first-order valence-electron chi connectivity index (χ1n) is 6.00. The lowest BCUT2D eigenvalue weighted by Crippen LogP contribution is -2.57. The van der Waals surface area contributed by atoms with E-state index in [2.05, 4.69) is 5.32 Å². The molecule has 0 aromatic heterocycles. The third kappa shape index (κ3) is 3.25. The number of aliphatic carboxylic acids is 1. The highest BCUT2D eigenvalue weighted by atomic mass is 35.5. The summed E-state index contributed by atoms with van der Waals surface area (Å²) < 4.78 is 0. The van der Waals surface area contributed by atoms with Crippen molar-refractivity contribution in [2.75, 3.05) is 0 Å². The molecule has 1 rings (SSSR count). The molecule has 0 bridgehead atoms. The third-order valence-corrected chi connectivity index (χ3v) is 4.26. The van der Waals surface area contributed by atoms with E-state index in [1.165, 1.54) is 12.1 Å². The Kier molecular flexibility index (Phi) is 4.72. The van der Waals surface area contributed by atoms with Crippen molar-refractivity contribution >= 4 is 35.1 Å². The second-order valence-electron chi connectivity index (χ2n) is 5.63. The van der Waals surface area contributed by atoms with Gasteiger partial charge in [-0.05, 0) is 45.9 Å². The Morgan fingerprint density at radius 2 is 1.70 bits per heavy atom. The predicted molar refractivity (Wildman–Crippen MR) is 79.4 cm³/mol. The molecule has 0 radical (unpaired) electrons. The van der Waals surface area contributed by atoms with Gasteiger partial charge in [-0.3, -0.25) is 9.59 Å². The highest BCUT2D eigenvalue weighted by Gasteiger charge is 2.44. The Morgan fingerprint density at radius 3 is 2.20 bits per heavy atom. The van der Waals surface area contributed by atoms with E-state index in [0.717, 1.165) is 0 Å².